The number of carbonyl (C=O) groups is 1. The maximum absolute atomic E-state index is 12.5. The lowest BCUT2D eigenvalue weighted by Crippen LogP contribution is -2.51. The summed E-state index contributed by atoms with van der Waals surface area (Å²) < 4.78 is 5.58. The van der Waals surface area contributed by atoms with Gasteiger partial charge in [-0.15, -0.1) is 0 Å². The van der Waals surface area contributed by atoms with Gasteiger partial charge in [0.25, 0.3) is 0 Å². The molecule has 1 aromatic rings. The number of hydrogen-bond acceptors (Lipinski definition) is 4. The first-order valence-electron chi connectivity index (χ1n) is 7.90. The molecule has 0 aromatic carbocycles. The zero-order valence-electron chi connectivity index (χ0n) is 12.6. The van der Waals surface area contributed by atoms with E-state index in [1.165, 1.54) is 6.42 Å². The normalized spacial score (nSPS) is 22.9. The van der Waals surface area contributed by atoms with E-state index in [2.05, 4.69) is 14.9 Å². The summed E-state index contributed by atoms with van der Waals surface area (Å²) >= 11 is 0. The molecule has 5 nitrogen and oxygen atoms in total. The second-order valence-corrected chi connectivity index (χ2v) is 6.02. The van der Waals surface area contributed by atoms with Crippen molar-refractivity contribution in [1.29, 1.82) is 0 Å². The highest BCUT2D eigenvalue weighted by Gasteiger charge is 2.34. The third kappa shape index (κ3) is 3.23. The SMILES string of the molecule is Cc1nccnc1CCC1COCCN1C(=O)C1CCC1. The molecule has 0 bridgehead atoms. The lowest BCUT2D eigenvalue weighted by molar-refractivity contribution is -0.147. The van der Waals surface area contributed by atoms with Gasteiger partial charge in [0.1, 0.15) is 0 Å². The van der Waals surface area contributed by atoms with Crippen LogP contribution in [0.5, 0.6) is 0 Å². The third-order valence-corrected chi connectivity index (χ3v) is 4.66. The highest BCUT2D eigenvalue weighted by Crippen LogP contribution is 2.30. The minimum atomic E-state index is 0.188. The topological polar surface area (TPSA) is 55.3 Å². The van der Waals surface area contributed by atoms with Crippen LogP contribution in [-0.4, -0.2) is 46.6 Å². The van der Waals surface area contributed by atoms with Crippen molar-refractivity contribution < 1.29 is 9.53 Å². The quantitative estimate of drug-likeness (QED) is 0.847. The molecule has 1 unspecified atom stereocenters. The maximum Gasteiger partial charge on any atom is 0.226 e. The molecule has 0 radical (unpaired) electrons. The molecule has 0 N–H and O–H groups in total. The van der Waals surface area contributed by atoms with Crippen molar-refractivity contribution in [3.8, 4) is 0 Å². The van der Waals surface area contributed by atoms with E-state index in [4.69, 9.17) is 4.74 Å². The van der Waals surface area contributed by atoms with E-state index in [1.807, 2.05) is 6.92 Å². The Bertz CT molecular complexity index is 502. The fraction of sp³-hybridized carbons (Fsp3) is 0.688. The molecule has 1 aliphatic heterocycles. The van der Waals surface area contributed by atoms with E-state index < -0.39 is 0 Å². The van der Waals surface area contributed by atoms with Gasteiger partial charge in [-0.1, -0.05) is 6.42 Å². The van der Waals surface area contributed by atoms with Crippen LogP contribution in [-0.2, 0) is 16.0 Å². The Morgan fingerprint density at radius 3 is 2.90 bits per heavy atom. The van der Waals surface area contributed by atoms with Crippen molar-refractivity contribution in [2.24, 2.45) is 5.92 Å². The van der Waals surface area contributed by atoms with Crippen LogP contribution in [0.15, 0.2) is 12.4 Å². The Labute approximate surface area is 125 Å². The van der Waals surface area contributed by atoms with Crippen molar-refractivity contribution in [2.75, 3.05) is 19.8 Å². The molecule has 114 valence electrons. The van der Waals surface area contributed by atoms with Gasteiger partial charge in [0.15, 0.2) is 0 Å². The minimum Gasteiger partial charge on any atom is -0.377 e. The molecule has 5 heteroatoms. The molecular formula is C16H23N3O2. The number of hydrogen-bond donors (Lipinski definition) is 0. The predicted octanol–water partition coefficient (Wildman–Crippen LogP) is 1.75. The summed E-state index contributed by atoms with van der Waals surface area (Å²) in [6.07, 6.45) is 8.52. The van der Waals surface area contributed by atoms with Gasteiger partial charge >= 0.3 is 0 Å². The van der Waals surface area contributed by atoms with Gasteiger partial charge < -0.3 is 9.64 Å². The predicted molar refractivity (Wildman–Crippen MR) is 78.8 cm³/mol. The number of aromatic nitrogens is 2. The van der Waals surface area contributed by atoms with E-state index in [-0.39, 0.29) is 12.0 Å². The van der Waals surface area contributed by atoms with Gasteiger partial charge in [0.05, 0.1) is 30.6 Å². The molecule has 21 heavy (non-hydrogen) atoms. The Morgan fingerprint density at radius 1 is 1.38 bits per heavy atom. The summed E-state index contributed by atoms with van der Waals surface area (Å²) in [6.45, 7) is 4.04. The minimum absolute atomic E-state index is 0.188. The van der Waals surface area contributed by atoms with Crippen LogP contribution in [0.4, 0.5) is 0 Å². The second-order valence-electron chi connectivity index (χ2n) is 6.02. The number of rotatable bonds is 4. The zero-order valence-corrected chi connectivity index (χ0v) is 12.6. The van der Waals surface area contributed by atoms with Gasteiger partial charge in [-0.2, -0.15) is 0 Å². The summed E-state index contributed by atoms with van der Waals surface area (Å²) in [6, 6.07) is 0.188. The summed E-state index contributed by atoms with van der Waals surface area (Å²) in [5.74, 6) is 0.606. The van der Waals surface area contributed by atoms with Crippen molar-refractivity contribution >= 4 is 5.91 Å². The Kier molecular flexibility index (Phi) is 4.48. The van der Waals surface area contributed by atoms with Crippen LogP contribution in [0.2, 0.25) is 0 Å². The Morgan fingerprint density at radius 2 is 2.19 bits per heavy atom. The third-order valence-electron chi connectivity index (χ3n) is 4.66. The van der Waals surface area contributed by atoms with Crippen LogP contribution < -0.4 is 0 Å². The van der Waals surface area contributed by atoms with Crippen LogP contribution in [0, 0.1) is 12.8 Å². The molecular weight excluding hydrogens is 266 g/mol. The van der Waals surface area contributed by atoms with Gasteiger partial charge in [-0.25, -0.2) is 0 Å². The molecule has 1 saturated carbocycles. The molecule has 3 rings (SSSR count). The van der Waals surface area contributed by atoms with Gasteiger partial charge in [0.2, 0.25) is 5.91 Å². The van der Waals surface area contributed by atoms with E-state index in [1.54, 1.807) is 12.4 Å². The highest BCUT2D eigenvalue weighted by atomic mass is 16.5. The molecule has 2 aliphatic rings. The molecule has 0 spiro atoms. The van der Waals surface area contributed by atoms with Crippen molar-refractivity contribution in [2.45, 2.75) is 45.1 Å². The average Bonchev–Trinajstić information content (AvgIpc) is 2.45. The molecule has 1 saturated heterocycles. The first kappa shape index (κ1) is 14.4. The number of carbonyl (C=O) groups excluding carboxylic acids is 1. The van der Waals surface area contributed by atoms with Crippen molar-refractivity contribution in [3.05, 3.63) is 23.8 Å². The molecule has 2 heterocycles. The molecule has 1 aliphatic carbocycles. The fourth-order valence-corrected chi connectivity index (χ4v) is 3.06. The summed E-state index contributed by atoms with van der Waals surface area (Å²) in [5, 5.41) is 0. The average molecular weight is 289 g/mol. The molecule has 1 atom stereocenters. The number of ether oxygens (including phenoxy) is 1. The largest absolute Gasteiger partial charge is 0.377 e. The zero-order chi connectivity index (χ0) is 14.7. The number of aryl methyl sites for hydroxylation is 2. The van der Waals surface area contributed by atoms with E-state index >= 15 is 0 Å². The van der Waals surface area contributed by atoms with Gasteiger partial charge in [-0.05, 0) is 32.6 Å². The Balaban J connectivity index is 1.61. The first-order valence-corrected chi connectivity index (χ1v) is 7.90. The molecule has 2 fully saturated rings. The standard InChI is InChI=1S/C16H23N3O2/c1-12-15(18-8-7-17-12)6-5-14-11-21-10-9-19(14)16(20)13-3-2-4-13/h7-8,13-14H,2-6,9-11H2,1H3. The Hall–Kier alpha value is -1.49. The van der Waals surface area contributed by atoms with Gasteiger partial charge in [0, 0.05) is 24.9 Å². The lowest BCUT2D eigenvalue weighted by atomic mass is 9.84. The second kappa shape index (κ2) is 6.52. The smallest absolute Gasteiger partial charge is 0.226 e. The maximum atomic E-state index is 12.5. The van der Waals surface area contributed by atoms with E-state index in [9.17, 15) is 4.79 Å². The van der Waals surface area contributed by atoms with Gasteiger partial charge in [-0.3, -0.25) is 14.8 Å². The summed E-state index contributed by atoms with van der Waals surface area (Å²) in [4.78, 5) is 23.2. The number of amides is 1. The molecule has 1 amide bonds. The van der Waals surface area contributed by atoms with E-state index in [0.29, 0.717) is 19.1 Å². The van der Waals surface area contributed by atoms with Crippen LogP contribution in [0.3, 0.4) is 0 Å². The first-order chi connectivity index (χ1) is 10.3. The highest BCUT2D eigenvalue weighted by molar-refractivity contribution is 5.80. The lowest BCUT2D eigenvalue weighted by Gasteiger charge is -2.39. The fourth-order valence-electron chi connectivity index (χ4n) is 3.06. The van der Waals surface area contributed by atoms with Crippen molar-refractivity contribution in [1.82, 2.24) is 14.9 Å². The summed E-state index contributed by atoms with van der Waals surface area (Å²) in [7, 11) is 0. The number of morpholine rings is 1. The van der Waals surface area contributed by atoms with Crippen LogP contribution in [0.25, 0.3) is 0 Å². The molecule has 1 aromatic heterocycles. The monoisotopic (exact) mass is 289 g/mol. The van der Waals surface area contributed by atoms with Crippen molar-refractivity contribution in [3.63, 3.8) is 0 Å². The van der Waals surface area contributed by atoms with E-state index in [0.717, 1.165) is 43.6 Å². The number of nitrogens with zero attached hydrogens (tertiary/aromatic N) is 3. The summed E-state index contributed by atoms with van der Waals surface area (Å²) in [5.41, 5.74) is 2.00. The van der Waals surface area contributed by atoms with Crippen LogP contribution in [0.1, 0.15) is 37.1 Å². The van der Waals surface area contributed by atoms with Crippen LogP contribution >= 0.6 is 0 Å².